The van der Waals surface area contributed by atoms with Gasteiger partial charge in [-0.25, -0.2) is 9.97 Å². The first-order valence-corrected chi connectivity index (χ1v) is 8.53. The molecule has 0 saturated heterocycles. The molecule has 1 N–H and O–H groups in total. The van der Waals surface area contributed by atoms with Gasteiger partial charge in [-0.2, -0.15) is 0 Å². The molecule has 0 radical (unpaired) electrons. The van der Waals surface area contributed by atoms with Crippen LogP contribution in [-0.4, -0.2) is 29.0 Å². The molecule has 0 atom stereocenters. The van der Waals surface area contributed by atoms with Crippen LogP contribution >= 0.6 is 11.3 Å². The van der Waals surface area contributed by atoms with E-state index in [4.69, 9.17) is 0 Å². The standard InChI is InChI=1S/C18H22N4S/c1-12-13(2)23-18-16(12)17(20-11-21-18)19-9-14-5-7-15(8-6-14)10-22(3)4/h5-8,11H,9-10H2,1-4H3,(H,19,20,21). The number of aromatic nitrogens is 2. The quantitative estimate of drug-likeness (QED) is 0.770. The molecule has 4 nitrogen and oxygen atoms in total. The topological polar surface area (TPSA) is 41.1 Å². The first-order valence-electron chi connectivity index (χ1n) is 7.71. The molecule has 0 aliphatic rings. The number of nitrogens with zero attached hydrogens (tertiary/aromatic N) is 3. The summed E-state index contributed by atoms with van der Waals surface area (Å²) in [5.74, 6) is 0.925. The third-order valence-electron chi connectivity index (χ3n) is 3.95. The summed E-state index contributed by atoms with van der Waals surface area (Å²) >= 11 is 1.73. The van der Waals surface area contributed by atoms with Crippen molar-refractivity contribution in [2.24, 2.45) is 0 Å². The fourth-order valence-electron chi connectivity index (χ4n) is 2.63. The number of benzene rings is 1. The molecule has 0 amide bonds. The summed E-state index contributed by atoms with van der Waals surface area (Å²) in [6.07, 6.45) is 1.64. The van der Waals surface area contributed by atoms with Crippen molar-refractivity contribution in [3.63, 3.8) is 0 Å². The van der Waals surface area contributed by atoms with Gasteiger partial charge in [-0.1, -0.05) is 24.3 Å². The summed E-state index contributed by atoms with van der Waals surface area (Å²) in [7, 11) is 4.17. The molecule has 0 unspecified atom stereocenters. The molecule has 2 aromatic heterocycles. The lowest BCUT2D eigenvalue weighted by Crippen LogP contribution is -2.10. The maximum Gasteiger partial charge on any atom is 0.138 e. The molecule has 0 spiro atoms. The molecule has 120 valence electrons. The number of hydrogen-bond donors (Lipinski definition) is 1. The first kappa shape index (κ1) is 15.9. The molecule has 0 aliphatic heterocycles. The summed E-state index contributed by atoms with van der Waals surface area (Å²) in [4.78, 5) is 13.3. The van der Waals surface area contributed by atoms with E-state index in [0.717, 1.165) is 29.1 Å². The van der Waals surface area contributed by atoms with Crippen LogP contribution in [0, 0.1) is 13.8 Å². The van der Waals surface area contributed by atoms with E-state index in [1.54, 1.807) is 17.7 Å². The molecule has 0 saturated carbocycles. The molecule has 2 heterocycles. The Morgan fingerprint density at radius 3 is 2.43 bits per heavy atom. The van der Waals surface area contributed by atoms with Crippen LogP contribution in [-0.2, 0) is 13.1 Å². The third kappa shape index (κ3) is 3.51. The van der Waals surface area contributed by atoms with Crippen molar-refractivity contribution in [1.29, 1.82) is 0 Å². The molecule has 1 aromatic carbocycles. The summed E-state index contributed by atoms with van der Waals surface area (Å²) < 4.78 is 0. The van der Waals surface area contributed by atoms with Crippen molar-refractivity contribution in [1.82, 2.24) is 14.9 Å². The van der Waals surface area contributed by atoms with Crippen LogP contribution in [0.4, 0.5) is 5.82 Å². The molecule has 5 heteroatoms. The summed E-state index contributed by atoms with van der Waals surface area (Å²) in [5, 5.41) is 4.62. The maximum atomic E-state index is 4.43. The Bertz CT molecular complexity index is 806. The van der Waals surface area contributed by atoms with Crippen LogP contribution in [0.15, 0.2) is 30.6 Å². The zero-order valence-electron chi connectivity index (χ0n) is 14.1. The van der Waals surface area contributed by atoms with E-state index in [-0.39, 0.29) is 0 Å². The van der Waals surface area contributed by atoms with E-state index in [2.05, 4.69) is 72.4 Å². The Hall–Kier alpha value is -1.98. The highest BCUT2D eigenvalue weighted by Crippen LogP contribution is 2.32. The van der Waals surface area contributed by atoms with E-state index >= 15 is 0 Å². The molecule has 3 aromatic rings. The van der Waals surface area contributed by atoms with Crippen molar-refractivity contribution >= 4 is 27.4 Å². The second-order valence-electron chi connectivity index (χ2n) is 6.09. The van der Waals surface area contributed by atoms with Gasteiger partial charge in [-0.3, -0.25) is 0 Å². The van der Waals surface area contributed by atoms with E-state index < -0.39 is 0 Å². The van der Waals surface area contributed by atoms with Crippen molar-refractivity contribution in [3.8, 4) is 0 Å². The summed E-state index contributed by atoms with van der Waals surface area (Å²) in [5.41, 5.74) is 3.85. The summed E-state index contributed by atoms with van der Waals surface area (Å²) in [6.45, 7) is 6.00. The van der Waals surface area contributed by atoms with Crippen molar-refractivity contribution in [2.45, 2.75) is 26.9 Å². The highest BCUT2D eigenvalue weighted by Gasteiger charge is 2.11. The van der Waals surface area contributed by atoms with E-state index in [1.165, 1.54) is 21.6 Å². The number of aryl methyl sites for hydroxylation is 2. The fourth-order valence-corrected chi connectivity index (χ4v) is 3.63. The van der Waals surface area contributed by atoms with Gasteiger partial charge in [0.1, 0.15) is 17.0 Å². The van der Waals surface area contributed by atoms with Crippen LogP contribution in [0.5, 0.6) is 0 Å². The van der Waals surface area contributed by atoms with Crippen molar-refractivity contribution in [2.75, 3.05) is 19.4 Å². The van der Waals surface area contributed by atoms with Gasteiger partial charge in [0.15, 0.2) is 0 Å². The van der Waals surface area contributed by atoms with Gasteiger partial charge in [0.2, 0.25) is 0 Å². The van der Waals surface area contributed by atoms with Gasteiger partial charge in [-0.15, -0.1) is 11.3 Å². The fraction of sp³-hybridized carbons (Fsp3) is 0.333. The van der Waals surface area contributed by atoms with Gasteiger partial charge in [0.05, 0.1) is 5.39 Å². The van der Waals surface area contributed by atoms with Crippen LogP contribution in [0.25, 0.3) is 10.2 Å². The number of fused-ring (bicyclic) bond motifs is 1. The minimum atomic E-state index is 0.767. The minimum Gasteiger partial charge on any atom is -0.365 e. The smallest absolute Gasteiger partial charge is 0.138 e. The molecular weight excluding hydrogens is 304 g/mol. The Balaban J connectivity index is 1.76. The first-order chi connectivity index (χ1) is 11.0. The molecule has 0 fully saturated rings. The molecule has 0 bridgehead atoms. The predicted octanol–water partition coefficient (Wildman–Crippen LogP) is 3.98. The highest BCUT2D eigenvalue weighted by atomic mass is 32.1. The Morgan fingerprint density at radius 1 is 1.04 bits per heavy atom. The summed E-state index contributed by atoms with van der Waals surface area (Å²) in [6, 6.07) is 8.73. The number of hydrogen-bond acceptors (Lipinski definition) is 5. The van der Waals surface area contributed by atoms with E-state index in [9.17, 15) is 0 Å². The molecule has 3 rings (SSSR count). The Labute approximate surface area is 141 Å². The van der Waals surface area contributed by atoms with Gasteiger partial charge in [0.25, 0.3) is 0 Å². The second kappa shape index (κ2) is 6.64. The van der Waals surface area contributed by atoms with Crippen LogP contribution in [0.3, 0.4) is 0 Å². The zero-order valence-corrected chi connectivity index (χ0v) is 14.9. The van der Waals surface area contributed by atoms with Gasteiger partial charge in [-0.05, 0) is 44.6 Å². The minimum absolute atomic E-state index is 0.767. The predicted molar refractivity (Wildman–Crippen MR) is 98.0 cm³/mol. The lowest BCUT2D eigenvalue weighted by atomic mass is 10.1. The van der Waals surface area contributed by atoms with Crippen LogP contribution in [0.2, 0.25) is 0 Å². The number of thiophene rings is 1. The number of rotatable bonds is 5. The average Bonchev–Trinajstić information content (AvgIpc) is 2.81. The Kier molecular flexibility index (Phi) is 4.59. The Morgan fingerprint density at radius 2 is 1.74 bits per heavy atom. The second-order valence-corrected chi connectivity index (χ2v) is 7.30. The lowest BCUT2D eigenvalue weighted by Gasteiger charge is -2.11. The highest BCUT2D eigenvalue weighted by molar-refractivity contribution is 7.18. The molecule has 0 aliphatic carbocycles. The van der Waals surface area contributed by atoms with Crippen molar-refractivity contribution < 1.29 is 0 Å². The molecular formula is C18H22N4S. The lowest BCUT2D eigenvalue weighted by molar-refractivity contribution is 0.402. The van der Waals surface area contributed by atoms with E-state index in [0.29, 0.717) is 0 Å². The van der Waals surface area contributed by atoms with Crippen LogP contribution < -0.4 is 5.32 Å². The average molecular weight is 326 g/mol. The normalized spacial score (nSPS) is 11.3. The monoisotopic (exact) mass is 326 g/mol. The number of nitrogens with one attached hydrogen (secondary N) is 1. The maximum absolute atomic E-state index is 4.43. The number of anilines is 1. The van der Waals surface area contributed by atoms with Crippen LogP contribution in [0.1, 0.15) is 21.6 Å². The largest absolute Gasteiger partial charge is 0.365 e. The van der Waals surface area contributed by atoms with E-state index in [1.807, 2.05) is 0 Å². The third-order valence-corrected chi connectivity index (χ3v) is 5.06. The molecule has 23 heavy (non-hydrogen) atoms. The van der Waals surface area contributed by atoms with Gasteiger partial charge >= 0.3 is 0 Å². The van der Waals surface area contributed by atoms with Gasteiger partial charge < -0.3 is 10.2 Å². The van der Waals surface area contributed by atoms with Gasteiger partial charge in [0, 0.05) is 18.0 Å². The SMILES string of the molecule is Cc1sc2ncnc(NCc3ccc(CN(C)C)cc3)c2c1C. The van der Waals surface area contributed by atoms with Crippen molar-refractivity contribution in [3.05, 3.63) is 52.2 Å². The zero-order chi connectivity index (χ0) is 16.4.